The zero-order valence-corrected chi connectivity index (χ0v) is 25.9. The lowest BCUT2D eigenvalue weighted by Gasteiger charge is -2.44. The van der Waals surface area contributed by atoms with Crippen molar-refractivity contribution in [3.8, 4) is 5.75 Å². The fraction of sp³-hybridized carbons (Fsp3) is 0.500. The highest BCUT2D eigenvalue weighted by atomic mass is 35.5. The van der Waals surface area contributed by atoms with Gasteiger partial charge in [0, 0.05) is 32.7 Å². The largest absolute Gasteiger partial charge is 0.491 e. The van der Waals surface area contributed by atoms with Gasteiger partial charge in [0.25, 0.3) is 0 Å². The molecule has 1 saturated heterocycles. The maximum atomic E-state index is 12.2. The summed E-state index contributed by atoms with van der Waals surface area (Å²) in [6.07, 6.45) is -2.67. The Morgan fingerprint density at radius 1 is 0.795 bits per heavy atom. The van der Waals surface area contributed by atoms with E-state index in [1.54, 1.807) is 12.1 Å². The molecule has 1 heterocycles. The van der Waals surface area contributed by atoms with E-state index in [-0.39, 0.29) is 6.61 Å². The Balaban J connectivity index is 1.59. The standard InChI is InChI=1S/C32H37ClO11/c1-18(34)40-17-28-30(41-19(2)35)32(43-21(4)37)31(42-20(3)36)29(44-28)23-7-12-27(33)24(16-23)15-22-5-8-25(9-6-22)38-13-14-39-26-10-11-26/h5-9,12,16,26,28-32H,10-11,13-15,17H2,1-4H3/t28-,29-,30-,31+,32+/m1/s1. The first-order valence-corrected chi connectivity index (χ1v) is 14.8. The highest BCUT2D eigenvalue weighted by Gasteiger charge is 2.52. The van der Waals surface area contributed by atoms with Crippen molar-refractivity contribution >= 4 is 35.5 Å². The van der Waals surface area contributed by atoms with Crippen LogP contribution in [0.4, 0.5) is 0 Å². The van der Waals surface area contributed by atoms with Gasteiger partial charge in [0.15, 0.2) is 18.3 Å². The molecule has 2 fully saturated rings. The lowest BCUT2D eigenvalue weighted by molar-refractivity contribution is -0.254. The molecule has 0 bridgehead atoms. The summed E-state index contributed by atoms with van der Waals surface area (Å²) in [5.41, 5.74) is 2.27. The predicted molar refractivity (Wildman–Crippen MR) is 156 cm³/mol. The first-order chi connectivity index (χ1) is 21.0. The van der Waals surface area contributed by atoms with Crippen LogP contribution in [0.2, 0.25) is 5.02 Å². The van der Waals surface area contributed by atoms with E-state index < -0.39 is 54.4 Å². The van der Waals surface area contributed by atoms with Crippen LogP contribution in [0.3, 0.4) is 0 Å². The van der Waals surface area contributed by atoms with Gasteiger partial charge >= 0.3 is 23.9 Å². The third-order valence-corrected chi connectivity index (χ3v) is 7.31. The van der Waals surface area contributed by atoms with Gasteiger partial charge < -0.3 is 33.2 Å². The Hall–Kier alpha value is -3.67. The van der Waals surface area contributed by atoms with Crippen LogP contribution in [0.5, 0.6) is 5.75 Å². The first-order valence-electron chi connectivity index (χ1n) is 14.4. The molecule has 5 atom stereocenters. The summed E-state index contributed by atoms with van der Waals surface area (Å²) in [7, 11) is 0. The first kappa shape index (κ1) is 33.2. The van der Waals surface area contributed by atoms with Gasteiger partial charge in [-0.2, -0.15) is 0 Å². The summed E-state index contributed by atoms with van der Waals surface area (Å²) in [6, 6.07) is 12.8. The molecule has 1 saturated carbocycles. The number of rotatable bonds is 13. The number of benzene rings is 2. The Morgan fingerprint density at radius 2 is 1.43 bits per heavy atom. The smallest absolute Gasteiger partial charge is 0.303 e. The number of hydrogen-bond donors (Lipinski definition) is 0. The van der Waals surface area contributed by atoms with Gasteiger partial charge in [-0.25, -0.2) is 0 Å². The summed E-state index contributed by atoms with van der Waals surface area (Å²) in [6.45, 7) is 5.49. The molecule has 2 aromatic rings. The van der Waals surface area contributed by atoms with Gasteiger partial charge in [0.1, 0.15) is 31.2 Å². The number of halogens is 1. The molecule has 4 rings (SSSR count). The molecule has 1 aliphatic heterocycles. The zero-order valence-electron chi connectivity index (χ0n) is 25.1. The van der Waals surface area contributed by atoms with Crippen LogP contribution in [-0.2, 0) is 54.0 Å². The van der Waals surface area contributed by atoms with Gasteiger partial charge in [-0.3, -0.25) is 19.2 Å². The van der Waals surface area contributed by atoms with Crippen LogP contribution >= 0.6 is 11.6 Å². The monoisotopic (exact) mass is 632 g/mol. The third kappa shape index (κ3) is 9.67. The molecule has 2 aliphatic rings. The highest BCUT2D eigenvalue weighted by Crippen LogP contribution is 2.39. The van der Waals surface area contributed by atoms with Crippen molar-refractivity contribution in [2.75, 3.05) is 19.8 Å². The number of carbonyl (C=O) groups is 4. The van der Waals surface area contributed by atoms with Gasteiger partial charge in [0.2, 0.25) is 0 Å². The van der Waals surface area contributed by atoms with Gasteiger partial charge in [-0.1, -0.05) is 35.9 Å². The second-order valence-electron chi connectivity index (χ2n) is 10.7. The van der Waals surface area contributed by atoms with E-state index in [0.717, 1.165) is 29.7 Å². The Bertz CT molecular complexity index is 1320. The normalized spacial score (nSPS) is 22.9. The molecule has 0 spiro atoms. The second-order valence-corrected chi connectivity index (χ2v) is 11.1. The van der Waals surface area contributed by atoms with E-state index in [0.29, 0.717) is 36.3 Å². The molecular weight excluding hydrogens is 596 g/mol. The minimum Gasteiger partial charge on any atom is -0.491 e. The van der Waals surface area contributed by atoms with Gasteiger partial charge in [-0.05, 0) is 54.2 Å². The van der Waals surface area contributed by atoms with Crippen molar-refractivity contribution < 1.29 is 52.3 Å². The molecule has 0 unspecified atom stereocenters. The van der Waals surface area contributed by atoms with Crippen molar-refractivity contribution in [3.05, 3.63) is 64.2 Å². The molecule has 12 heteroatoms. The molecule has 44 heavy (non-hydrogen) atoms. The van der Waals surface area contributed by atoms with Crippen molar-refractivity contribution in [2.45, 2.75) is 83.6 Å². The molecule has 0 radical (unpaired) electrons. The summed E-state index contributed by atoms with van der Waals surface area (Å²) < 4.78 is 39.5. The lowest BCUT2D eigenvalue weighted by Crippen LogP contribution is -2.59. The van der Waals surface area contributed by atoms with E-state index in [1.165, 1.54) is 27.7 Å². The predicted octanol–water partition coefficient (Wildman–Crippen LogP) is 4.29. The van der Waals surface area contributed by atoms with Crippen LogP contribution < -0.4 is 4.74 Å². The highest BCUT2D eigenvalue weighted by molar-refractivity contribution is 6.31. The summed E-state index contributed by atoms with van der Waals surface area (Å²) in [4.78, 5) is 48.0. The average Bonchev–Trinajstić information content (AvgIpc) is 3.78. The fourth-order valence-corrected chi connectivity index (χ4v) is 5.12. The van der Waals surface area contributed by atoms with Gasteiger partial charge in [-0.15, -0.1) is 0 Å². The SMILES string of the molecule is CC(=O)OC[C@H]1O[C@H](c2ccc(Cl)c(Cc3ccc(OCCOC4CC4)cc3)c2)[C@H](OC(C)=O)[C@@H](OC(C)=O)[C@@H]1OC(C)=O. The molecule has 0 N–H and O–H groups in total. The Labute approximate surface area is 261 Å². The molecule has 0 amide bonds. The van der Waals surface area contributed by atoms with Crippen LogP contribution in [0.25, 0.3) is 0 Å². The molecule has 0 aromatic heterocycles. The summed E-state index contributed by atoms with van der Waals surface area (Å²) in [5, 5.41) is 0.497. The maximum Gasteiger partial charge on any atom is 0.303 e. The molecule has 11 nitrogen and oxygen atoms in total. The summed E-state index contributed by atoms with van der Waals surface area (Å²) in [5.74, 6) is -1.92. The van der Waals surface area contributed by atoms with Crippen LogP contribution in [0, 0.1) is 0 Å². The van der Waals surface area contributed by atoms with E-state index in [1.807, 2.05) is 30.3 Å². The third-order valence-electron chi connectivity index (χ3n) is 6.94. The fourth-order valence-electron chi connectivity index (χ4n) is 4.94. The molecule has 238 valence electrons. The minimum absolute atomic E-state index is 0.310. The molecular formula is C32H37ClO11. The van der Waals surface area contributed by atoms with Crippen LogP contribution in [0.1, 0.15) is 63.3 Å². The molecule has 1 aliphatic carbocycles. The topological polar surface area (TPSA) is 133 Å². The maximum absolute atomic E-state index is 12.2. The number of carbonyl (C=O) groups excluding carboxylic acids is 4. The van der Waals surface area contributed by atoms with Crippen LogP contribution in [-0.4, -0.2) is 74.2 Å². The van der Waals surface area contributed by atoms with E-state index in [2.05, 4.69) is 0 Å². The van der Waals surface area contributed by atoms with Crippen molar-refractivity contribution in [2.24, 2.45) is 0 Å². The number of ether oxygens (including phenoxy) is 7. The lowest BCUT2D eigenvalue weighted by atomic mass is 9.89. The van der Waals surface area contributed by atoms with Crippen molar-refractivity contribution in [1.29, 1.82) is 0 Å². The number of hydrogen-bond acceptors (Lipinski definition) is 11. The second kappa shape index (κ2) is 15.4. The Morgan fingerprint density at radius 3 is 2.05 bits per heavy atom. The molecule has 2 aromatic carbocycles. The quantitative estimate of drug-likeness (QED) is 0.178. The van der Waals surface area contributed by atoms with E-state index in [4.69, 9.17) is 44.8 Å². The van der Waals surface area contributed by atoms with E-state index >= 15 is 0 Å². The van der Waals surface area contributed by atoms with E-state index in [9.17, 15) is 19.2 Å². The van der Waals surface area contributed by atoms with Crippen LogP contribution in [0.15, 0.2) is 42.5 Å². The zero-order chi connectivity index (χ0) is 31.8. The van der Waals surface area contributed by atoms with Crippen molar-refractivity contribution in [3.63, 3.8) is 0 Å². The average molecular weight is 633 g/mol. The summed E-state index contributed by atoms with van der Waals surface area (Å²) >= 11 is 6.59. The Kier molecular flexibility index (Phi) is 11.6. The van der Waals surface area contributed by atoms with Crippen molar-refractivity contribution in [1.82, 2.24) is 0 Å². The van der Waals surface area contributed by atoms with Gasteiger partial charge in [0.05, 0.1) is 12.7 Å². The minimum atomic E-state index is -1.26. The number of esters is 4.